The van der Waals surface area contributed by atoms with Gasteiger partial charge in [0.15, 0.2) is 0 Å². The van der Waals surface area contributed by atoms with Crippen LogP contribution in [0.15, 0.2) is 24.3 Å². The van der Waals surface area contributed by atoms with Crippen LogP contribution >= 0.6 is 0 Å². The van der Waals surface area contributed by atoms with Crippen LogP contribution in [0, 0.1) is 5.82 Å². The highest BCUT2D eigenvalue weighted by Crippen LogP contribution is 2.18. The minimum atomic E-state index is -0.252. The number of hydrogen-bond acceptors (Lipinski definition) is 2. The summed E-state index contributed by atoms with van der Waals surface area (Å²) in [7, 11) is 0. The highest BCUT2D eigenvalue weighted by Gasteiger charge is 2.08. The third-order valence-electron chi connectivity index (χ3n) is 1.69. The third-order valence-corrected chi connectivity index (χ3v) is 1.69. The maximum atomic E-state index is 13.2. The molecule has 0 unspecified atom stereocenters. The van der Waals surface area contributed by atoms with Crippen molar-refractivity contribution in [1.82, 2.24) is 0 Å². The van der Waals surface area contributed by atoms with Gasteiger partial charge in [-0.3, -0.25) is 9.90 Å². The minimum Gasteiger partial charge on any atom is -0.274 e. The second-order valence-corrected chi connectivity index (χ2v) is 2.56. The van der Waals surface area contributed by atoms with E-state index in [-0.39, 0.29) is 5.82 Å². The summed E-state index contributed by atoms with van der Waals surface area (Å²) in [6.07, 6.45) is 0. The number of para-hydroxylation sites is 1. The zero-order valence-electron chi connectivity index (χ0n) is 7.96. The molecular formula is C10H14FNO. The fourth-order valence-electron chi connectivity index (χ4n) is 1.14. The van der Waals surface area contributed by atoms with Crippen LogP contribution in [0.5, 0.6) is 0 Å². The van der Waals surface area contributed by atoms with Crippen LogP contribution in [-0.2, 0) is 4.84 Å². The molecule has 0 saturated carbocycles. The molecule has 0 aromatic heterocycles. The molecule has 0 bridgehead atoms. The Kier molecular flexibility index (Phi) is 3.71. The summed E-state index contributed by atoms with van der Waals surface area (Å²) < 4.78 is 13.2. The largest absolute Gasteiger partial charge is 0.274 e. The van der Waals surface area contributed by atoms with E-state index < -0.39 is 0 Å². The van der Waals surface area contributed by atoms with Crippen LogP contribution < -0.4 is 5.06 Å². The summed E-state index contributed by atoms with van der Waals surface area (Å²) in [6.45, 7) is 4.97. The van der Waals surface area contributed by atoms with Gasteiger partial charge in [0.2, 0.25) is 0 Å². The second-order valence-electron chi connectivity index (χ2n) is 2.56. The molecule has 0 saturated heterocycles. The molecular weight excluding hydrogens is 169 g/mol. The van der Waals surface area contributed by atoms with E-state index >= 15 is 0 Å². The summed E-state index contributed by atoms with van der Waals surface area (Å²) >= 11 is 0. The Morgan fingerprint density at radius 2 is 2.00 bits per heavy atom. The van der Waals surface area contributed by atoms with Crippen LogP contribution in [-0.4, -0.2) is 13.2 Å². The zero-order chi connectivity index (χ0) is 9.68. The summed E-state index contributed by atoms with van der Waals surface area (Å²) in [5, 5.41) is 1.55. The van der Waals surface area contributed by atoms with E-state index in [1.807, 2.05) is 13.8 Å². The van der Waals surface area contributed by atoms with E-state index in [1.165, 1.54) is 6.07 Å². The van der Waals surface area contributed by atoms with E-state index in [2.05, 4.69) is 0 Å². The quantitative estimate of drug-likeness (QED) is 0.665. The maximum absolute atomic E-state index is 13.2. The third kappa shape index (κ3) is 2.42. The number of anilines is 1. The number of benzene rings is 1. The van der Waals surface area contributed by atoms with E-state index in [0.717, 1.165) is 0 Å². The average Bonchev–Trinajstić information content (AvgIpc) is 2.16. The average molecular weight is 183 g/mol. The first-order valence-electron chi connectivity index (χ1n) is 4.44. The van der Waals surface area contributed by atoms with Crippen molar-refractivity contribution < 1.29 is 9.23 Å². The smallest absolute Gasteiger partial charge is 0.148 e. The molecule has 0 spiro atoms. The van der Waals surface area contributed by atoms with Crippen molar-refractivity contribution in [3.8, 4) is 0 Å². The zero-order valence-corrected chi connectivity index (χ0v) is 7.96. The van der Waals surface area contributed by atoms with Crippen molar-refractivity contribution in [1.29, 1.82) is 0 Å². The van der Waals surface area contributed by atoms with Crippen molar-refractivity contribution in [3.05, 3.63) is 30.1 Å². The number of halogens is 1. The van der Waals surface area contributed by atoms with Crippen molar-refractivity contribution >= 4 is 5.69 Å². The number of nitrogens with zero attached hydrogens (tertiary/aromatic N) is 1. The normalized spacial score (nSPS) is 10.1. The molecule has 2 nitrogen and oxygen atoms in total. The first-order valence-corrected chi connectivity index (χ1v) is 4.44. The fraction of sp³-hybridized carbons (Fsp3) is 0.400. The van der Waals surface area contributed by atoms with E-state index in [1.54, 1.807) is 23.3 Å². The van der Waals surface area contributed by atoms with Crippen molar-refractivity contribution in [2.24, 2.45) is 0 Å². The molecule has 1 rings (SSSR count). The van der Waals surface area contributed by atoms with Crippen molar-refractivity contribution in [3.63, 3.8) is 0 Å². The van der Waals surface area contributed by atoms with Gasteiger partial charge in [-0.25, -0.2) is 4.39 Å². The van der Waals surface area contributed by atoms with Gasteiger partial charge in [-0.05, 0) is 26.0 Å². The highest BCUT2D eigenvalue weighted by atomic mass is 19.1. The van der Waals surface area contributed by atoms with Gasteiger partial charge in [0.1, 0.15) is 5.82 Å². The lowest BCUT2D eigenvalue weighted by Gasteiger charge is -2.21. The van der Waals surface area contributed by atoms with Gasteiger partial charge in [0.05, 0.1) is 12.3 Å². The Morgan fingerprint density at radius 3 is 2.54 bits per heavy atom. The first kappa shape index (κ1) is 9.99. The van der Waals surface area contributed by atoms with Crippen LogP contribution in [0.1, 0.15) is 13.8 Å². The lowest BCUT2D eigenvalue weighted by atomic mass is 10.3. The number of hydrogen-bond donors (Lipinski definition) is 0. The summed E-state index contributed by atoms with van der Waals surface area (Å²) in [5.74, 6) is -0.252. The van der Waals surface area contributed by atoms with Gasteiger partial charge < -0.3 is 0 Å². The molecule has 0 atom stereocenters. The van der Waals surface area contributed by atoms with Gasteiger partial charge in [-0.15, -0.1) is 0 Å². The van der Waals surface area contributed by atoms with Gasteiger partial charge in [-0.1, -0.05) is 12.1 Å². The Labute approximate surface area is 77.9 Å². The second kappa shape index (κ2) is 4.82. The molecule has 0 fully saturated rings. The van der Waals surface area contributed by atoms with Gasteiger partial charge >= 0.3 is 0 Å². The molecule has 0 heterocycles. The fourth-order valence-corrected chi connectivity index (χ4v) is 1.14. The molecule has 0 aliphatic heterocycles. The standard InChI is InChI=1S/C10H14FNO/c1-3-12(13-4-2)10-8-6-5-7-9(10)11/h5-8H,3-4H2,1-2H3. The van der Waals surface area contributed by atoms with Crippen LogP contribution in [0.4, 0.5) is 10.1 Å². The van der Waals surface area contributed by atoms with Crippen molar-refractivity contribution in [2.45, 2.75) is 13.8 Å². The van der Waals surface area contributed by atoms with Gasteiger partial charge in [0.25, 0.3) is 0 Å². The Balaban J connectivity index is 2.84. The summed E-state index contributed by atoms with van der Waals surface area (Å²) in [5.41, 5.74) is 0.492. The van der Waals surface area contributed by atoms with Crippen LogP contribution in [0.25, 0.3) is 0 Å². The SMILES string of the molecule is CCON(CC)c1ccccc1F. The monoisotopic (exact) mass is 183 g/mol. The molecule has 1 aromatic rings. The van der Waals surface area contributed by atoms with Crippen LogP contribution in [0.2, 0.25) is 0 Å². The molecule has 72 valence electrons. The predicted octanol–water partition coefficient (Wildman–Crippen LogP) is 2.60. The predicted molar refractivity (Wildman–Crippen MR) is 51.0 cm³/mol. The summed E-state index contributed by atoms with van der Waals surface area (Å²) in [4.78, 5) is 5.25. The Bertz CT molecular complexity index is 265. The summed E-state index contributed by atoms with van der Waals surface area (Å²) in [6, 6.07) is 6.59. The van der Waals surface area contributed by atoms with Crippen molar-refractivity contribution in [2.75, 3.05) is 18.2 Å². The molecule has 0 N–H and O–H groups in total. The molecule has 0 radical (unpaired) electrons. The van der Waals surface area contributed by atoms with Crippen LogP contribution in [0.3, 0.4) is 0 Å². The van der Waals surface area contributed by atoms with E-state index in [9.17, 15) is 4.39 Å². The van der Waals surface area contributed by atoms with E-state index in [4.69, 9.17) is 4.84 Å². The molecule has 13 heavy (non-hydrogen) atoms. The van der Waals surface area contributed by atoms with E-state index in [0.29, 0.717) is 18.8 Å². The molecule has 0 aliphatic rings. The molecule has 3 heteroatoms. The molecule has 0 aliphatic carbocycles. The topological polar surface area (TPSA) is 12.5 Å². The Hall–Kier alpha value is -1.09. The highest BCUT2D eigenvalue weighted by molar-refractivity contribution is 5.44. The maximum Gasteiger partial charge on any atom is 0.148 e. The lowest BCUT2D eigenvalue weighted by Crippen LogP contribution is -2.23. The Morgan fingerprint density at radius 1 is 1.31 bits per heavy atom. The minimum absolute atomic E-state index is 0.252. The number of rotatable bonds is 4. The van der Waals surface area contributed by atoms with Gasteiger partial charge in [-0.2, -0.15) is 0 Å². The molecule has 0 amide bonds. The number of hydroxylamine groups is 1. The van der Waals surface area contributed by atoms with Gasteiger partial charge in [0, 0.05) is 6.54 Å². The first-order chi connectivity index (χ1) is 6.29. The molecule has 1 aromatic carbocycles. The lowest BCUT2D eigenvalue weighted by molar-refractivity contribution is 0.121.